The second kappa shape index (κ2) is 6.05. The topological polar surface area (TPSA) is 64.0 Å². The zero-order valence-corrected chi connectivity index (χ0v) is 12.5. The van der Waals surface area contributed by atoms with E-state index in [-0.39, 0.29) is 6.04 Å². The zero-order valence-electron chi connectivity index (χ0n) is 11.7. The highest BCUT2D eigenvalue weighted by molar-refractivity contribution is 7.90. The van der Waals surface area contributed by atoms with Gasteiger partial charge >= 0.3 is 0 Å². The first-order chi connectivity index (χ1) is 9.02. The van der Waals surface area contributed by atoms with Crippen LogP contribution in [0.3, 0.4) is 0 Å². The van der Waals surface area contributed by atoms with Crippen molar-refractivity contribution >= 4 is 9.84 Å². The summed E-state index contributed by atoms with van der Waals surface area (Å²) >= 11 is 0. The Labute approximate surface area is 115 Å². The molecule has 1 aromatic rings. The summed E-state index contributed by atoms with van der Waals surface area (Å²) < 4.78 is 24.9. The van der Waals surface area contributed by atoms with Crippen LogP contribution < -0.4 is 5.32 Å². The van der Waals surface area contributed by atoms with Crippen LogP contribution in [-0.4, -0.2) is 37.5 Å². The van der Waals surface area contributed by atoms with Crippen molar-refractivity contribution in [3.8, 4) is 0 Å². The van der Waals surface area contributed by atoms with E-state index < -0.39 is 9.84 Å². The van der Waals surface area contributed by atoms with E-state index in [1.807, 2.05) is 11.7 Å². The van der Waals surface area contributed by atoms with Crippen LogP contribution >= 0.6 is 0 Å². The van der Waals surface area contributed by atoms with Crippen molar-refractivity contribution in [1.29, 1.82) is 0 Å². The van der Waals surface area contributed by atoms with Crippen molar-refractivity contribution in [2.75, 3.05) is 13.3 Å². The molecular formula is C13H23N3O2S. The molecule has 1 aliphatic rings. The van der Waals surface area contributed by atoms with E-state index in [2.05, 4.69) is 10.4 Å². The van der Waals surface area contributed by atoms with E-state index in [0.29, 0.717) is 10.9 Å². The Balaban J connectivity index is 2.23. The Morgan fingerprint density at radius 1 is 1.26 bits per heavy atom. The van der Waals surface area contributed by atoms with Crippen molar-refractivity contribution in [2.45, 2.75) is 55.5 Å². The fraction of sp³-hybridized carbons (Fsp3) is 0.769. The number of nitrogens with one attached hydrogen (secondary N) is 1. The van der Waals surface area contributed by atoms with Gasteiger partial charge in [-0.15, -0.1) is 0 Å². The normalized spacial score (nSPS) is 25.8. The number of likely N-dealkylation sites (N-methyl/N-ethyl adjacent to an activating group) is 1. The molecule has 2 rings (SSSR count). The summed E-state index contributed by atoms with van der Waals surface area (Å²) in [5.41, 5.74) is 0. The van der Waals surface area contributed by atoms with Gasteiger partial charge in [0.25, 0.3) is 0 Å². The van der Waals surface area contributed by atoms with Gasteiger partial charge < -0.3 is 5.32 Å². The lowest BCUT2D eigenvalue weighted by Crippen LogP contribution is -2.36. The molecule has 1 saturated carbocycles. The predicted octanol–water partition coefficient (Wildman–Crippen LogP) is 1.77. The molecule has 19 heavy (non-hydrogen) atoms. The average molecular weight is 285 g/mol. The maximum absolute atomic E-state index is 11.5. The molecule has 1 fully saturated rings. The minimum absolute atomic E-state index is 0.251. The van der Waals surface area contributed by atoms with E-state index in [1.165, 1.54) is 38.1 Å². The summed E-state index contributed by atoms with van der Waals surface area (Å²) in [6, 6.07) is 0.619. The van der Waals surface area contributed by atoms with Crippen LogP contribution in [0.25, 0.3) is 0 Å². The van der Waals surface area contributed by atoms with E-state index >= 15 is 0 Å². The molecule has 0 amide bonds. The van der Waals surface area contributed by atoms with Gasteiger partial charge in [-0.25, -0.2) is 8.42 Å². The zero-order chi connectivity index (χ0) is 13.9. The molecule has 0 saturated heterocycles. The smallest absolute Gasteiger partial charge is 0.178 e. The third-order valence-corrected chi connectivity index (χ3v) is 5.01. The minimum atomic E-state index is -3.16. The van der Waals surface area contributed by atoms with Gasteiger partial charge in [0.05, 0.1) is 12.2 Å². The Morgan fingerprint density at radius 3 is 2.53 bits per heavy atom. The molecule has 1 N–H and O–H groups in total. The highest BCUT2D eigenvalue weighted by Crippen LogP contribution is 2.27. The van der Waals surface area contributed by atoms with E-state index in [9.17, 15) is 8.42 Å². The van der Waals surface area contributed by atoms with Crippen molar-refractivity contribution < 1.29 is 8.42 Å². The lowest BCUT2D eigenvalue weighted by Gasteiger charge is -2.29. The molecule has 6 heteroatoms. The van der Waals surface area contributed by atoms with Crippen molar-refractivity contribution in [3.05, 3.63) is 12.4 Å². The standard InChI is InChI=1S/C13H23N3O2S/c1-14-12-7-5-3-4-6-8-13(12)16-10-11(9-15-16)19(2,17)18/h9-10,12-14H,3-8H2,1-2H3. The molecular weight excluding hydrogens is 262 g/mol. The van der Waals surface area contributed by atoms with Gasteiger partial charge in [-0.05, 0) is 19.9 Å². The summed E-state index contributed by atoms with van der Waals surface area (Å²) in [7, 11) is -1.19. The average Bonchev–Trinajstić information content (AvgIpc) is 2.78. The second-order valence-corrected chi connectivity index (χ2v) is 7.40. The van der Waals surface area contributed by atoms with Crippen LogP contribution in [0.5, 0.6) is 0 Å². The minimum Gasteiger partial charge on any atom is -0.315 e. The fourth-order valence-electron chi connectivity index (χ4n) is 2.81. The highest BCUT2D eigenvalue weighted by atomic mass is 32.2. The number of rotatable bonds is 3. The molecule has 1 heterocycles. The SMILES string of the molecule is CNC1CCCCCCC1n1cc(S(C)(=O)=O)cn1. The summed E-state index contributed by atoms with van der Waals surface area (Å²) in [5.74, 6) is 0. The summed E-state index contributed by atoms with van der Waals surface area (Å²) in [6.07, 6.45) is 11.5. The molecule has 0 bridgehead atoms. The summed E-state index contributed by atoms with van der Waals surface area (Å²) in [4.78, 5) is 0.310. The summed E-state index contributed by atoms with van der Waals surface area (Å²) in [6.45, 7) is 0. The lowest BCUT2D eigenvalue weighted by atomic mass is 9.92. The second-order valence-electron chi connectivity index (χ2n) is 5.38. The number of nitrogens with zero attached hydrogens (tertiary/aromatic N) is 2. The van der Waals surface area contributed by atoms with Gasteiger partial charge in [0, 0.05) is 18.5 Å². The third-order valence-electron chi connectivity index (χ3n) is 3.95. The van der Waals surface area contributed by atoms with Crippen LogP contribution in [0, 0.1) is 0 Å². The van der Waals surface area contributed by atoms with Crippen LogP contribution in [0.2, 0.25) is 0 Å². The molecule has 0 aromatic carbocycles. The number of sulfone groups is 1. The van der Waals surface area contributed by atoms with Crippen molar-refractivity contribution in [2.24, 2.45) is 0 Å². The molecule has 5 nitrogen and oxygen atoms in total. The Morgan fingerprint density at radius 2 is 1.95 bits per heavy atom. The van der Waals surface area contributed by atoms with Crippen LogP contribution in [-0.2, 0) is 9.84 Å². The van der Waals surface area contributed by atoms with E-state index in [4.69, 9.17) is 0 Å². The van der Waals surface area contributed by atoms with E-state index in [0.717, 1.165) is 12.8 Å². The summed E-state index contributed by atoms with van der Waals surface area (Å²) in [5, 5.41) is 7.63. The van der Waals surface area contributed by atoms with Crippen LogP contribution in [0.4, 0.5) is 0 Å². The number of hydrogen-bond acceptors (Lipinski definition) is 4. The van der Waals surface area contributed by atoms with Crippen LogP contribution in [0.1, 0.15) is 44.6 Å². The van der Waals surface area contributed by atoms with Gasteiger partial charge in [0.1, 0.15) is 4.90 Å². The first-order valence-corrected chi connectivity index (χ1v) is 8.83. The maximum Gasteiger partial charge on any atom is 0.178 e. The first-order valence-electron chi connectivity index (χ1n) is 6.94. The molecule has 0 radical (unpaired) electrons. The molecule has 2 atom stereocenters. The molecule has 2 unspecified atom stereocenters. The van der Waals surface area contributed by atoms with Gasteiger partial charge in [-0.1, -0.05) is 25.7 Å². The van der Waals surface area contributed by atoms with Crippen molar-refractivity contribution in [3.63, 3.8) is 0 Å². The molecule has 1 aromatic heterocycles. The van der Waals surface area contributed by atoms with Gasteiger partial charge in [0.2, 0.25) is 0 Å². The number of hydrogen-bond donors (Lipinski definition) is 1. The Hall–Kier alpha value is -0.880. The highest BCUT2D eigenvalue weighted by Gasteiger charge is 2.24. The first kappa shape index (κ1) is 14.5. The third kappa shape index (κ3) is 3.57. The largest absolute Gasteiger partial charge is 0.315 e. The molecule has 1 aliphatic carbocycles. The maximum atomic E-state index is 11.5. The monoisotopic (exact) mass is 285 g/mol. The van der Waals surface area contributed by atoms with Gasteiger partial charge in [-0.2, -0.15) is 5.10 Å². The van der Waals surface area contributed by atoms with E-state index in [1.54, 1.807) is 6.20 Å². The number of aromatic nitrogens is 2. The van der Waals surface area contributed by atoms with Crippen molar-refractivity contribution in [1.82, 2.24) is 15.1 Å². The molecule has 108 valence electrons. The van der Waals surface area contributed by atoms with Crippen LogP contribution in [0.15, 0.2) is 17.3 Å². The predicted molar refractivity (Wildman–Crippen MR) is 74.9 cm³/mol. The molecule has 0 aliphatic heterocycles. The van der Waals surface area contributed by atoms with Gasteiger partial charge in [0.15, 0.2) is 9.84 Å². The Kier molecular flexibility index (Phi) is 4.62. The fourth-order valence-corrected chi connectivity index (χ4v) is 3.35. The Bertz CT molecular complexity index is 510. The van der Waals surface area contributed by atoms with Gasteiger partial charge in [-0.3, -0.25) is 4.68 Å². The lowest BCUT2D eigenvalue weighted by molar-refractivity contribution is 0.277. The quantitative estimate of drug-likeness (QED) is 0.919. The molecule has 0 spiro atoms.